The minimum atomic E-state index is -0.484. The van der Waals surface area contributed by atoms with E-state index in [1.54, 1.807) is 6.07 Å². The first-order chi connectivity index (χ1) is 13.6. The average molecular weight is 379 g/mol. The largest absolute Gasteiger partial charge is 0.493 e. The third-order valence-electron chi connectivity index (χ3n) is 3.77. The van der Waals surface area contributed by atoms with Gasteiger partial charge < -0.3 is 4.74 Å². The summed E-state index contributed by atoms with van der Waals surface area (Å²) >= 11 is 0. The number of rotatable bonds is 7. The predicted octanol–water partition coefficient (Wildman–Crippen LogP) is 3.15. The SMILES string of the molecule is CCOc1ccccc1-c1cc(C(=O)NN=Cc2ccc([N+](=O)[O-])cc2)[nH]n1. The maximum Gasteiger partial charge on any atom is 0.289 e. The maximum atomic E-state index is 12.2. The van der Waals surface area contributed by atoms with Crippen molar-refractivity contribution in [3.63, 3.8) is 0 Å². The Morgan fingerprint density at radius 3 is 2.75 bits per heavy atom. The summed E-state index contributed by atoms with van der Waals surface area (Å²) in [5, 5.41) is 21.3. The number of nitrogens with one attached hydrogen (secondary N) is 2. The average Bonchev–Trinajstić information content (AvgIpc) is 3.19. The van der Waals surface area contributed by atoms with Crippen molar-refractivity contribution in [2.75, 3.05) is 6.61 Å². The number of aromatic amines is 1. The Morgan fingerprint density at radius 1 is 1.29 bits per heavy atom. The first-order valence-corrected chi connectivity index (χ1v) is 8.44. The van der Waals surface area contributed by atoms with E-state index in [2.05, 4.69) is 20.7 Å². The molecule has 0 atom stereocenters. The first kappa shape index (κ1) is 18.8. The van der Waals surface area contributed by atoms with E-state index < -0.39 is 10.8 Å². The third kappa shape index (κ3) is 4.39. The van der Waals surface area contributed by atoms with Crippen molar-refractivity contribution in [1.29, 1.82) is 0 Å². The van der Waals surface area contributed by atoms with Crippen molar-refractivity contribution in [2.24, 2.45) is 5.10 Å². The quantitative estimate of drug-likeness (QED) is 0.371. The molecule has 0 spiro atoms. The lowest BCUT2D eigenvalue weighted by Gasteiger charge is -2.07. The summed E-state index contributed by atoms with van der Waals surface area (Å²) < 4.78 is 5.58. The van der Waals surface area contributed by atoms with Crippen molar-refractivity contribution in [2.45, 2.75) is 6.92 Å². The molecule has 0 aliphatic carbocycles. The second-order valence-corrected chi connectivity index (χ2v) is 5.64. The molecule has 1 heterocycles. The number of nitro groups is 1. The fourth-order valence-electron chi connectivity index (χ4n) is 2.44. The van der Waals surface area contributed by atoms with Crippen LogP contribution in [0.1, 0.15) is 23.0 Å². The molecule has 0 saturated heterocycles. The molecule has 0 fully saturated rings. The number of aromatic nitrogens is 2. The van der Waals surface area contributed by atoms with Gasteiger partial charge >= 0.3 is 0 Å². The van der Waals surface area contributed by atoms with Crippen LogP contribution in [0.2, 0.25) is 0 Å². The maximum absolute atomic E-state index is 12.2. The Kier molecular flexibility index (Phi) is 5.75. The fraction of sp³-hybridized carbons (Fsp3) is 0.105. The molecule has 0 aliphatic rings. The van der Waals surface area contributed by atoms with Crippen molar-refractivity contribution in [1.82, 2.24) is 15.6 Å². The molecule has 28 heavy (non-hydrogen) atoms. The minimum absolute atomic E-state index is 0.0153. The normalized spacial score (nSPS) is 10.8. The monoisotopic (exact) mass is 379 g/mol. The van der Waals surface area contributed by atoms with Crippen molar-refractivity contribution >= 4 is 17.8 Å². The molecule has 9 nitrogen and oxygen atoms in total. The summed E-state index contributed by atoms with van der Waals surface area (Å²) in [4.78, 5) is 22.4. The third-order valence-corrected chi connectivity index (χ3v) is 3.77. The number of nitrogens with zero attached hydrogens (tertiary/aromatic N) is 3. The number of non-ortho nitro benzene ring substituents is 1. The van der Waals surface area contributed by atoms with E-state index in [1.807, 2.05) is 31.2 Å². The van der Waals surface area contributed by atoms with E-state index >= 15 is 0 Å². The minimum Gasteiger partial charge on any atom is -0.493 e. The number of benzene rings is 2. The van der Waals surface area contributed by atoms with Crippen LogP contribution in [0.4, 0.5) is 5.69 Å². The molecule has 1 amide bonds. The molecule has 2 aromatic carbocycles. The van der Waals surface area contributed by atoms with Crippen LogP contribution in [0, 0.1) is 10.1 Å². The molecule has 142 valence electrons. The fourth-order valence-corrected chi connectivity index (χ4v) is 2.44. The summed E-state index contributed by atoms with van der Waals surface area (Å²) in [6.07, 6.45) is 1.39. The zero-order chi connectivity index (χ0) is 19.9. The van der Waals surface area contributed by atoms with Crippen LogP contribution < -0.4 is 10.2 Å². The summed E-state index contributed by atoms with van der Waals surface area (Å²) in [6, 6.07) is 14.8. The van der Waals surface area contributed by atoms with E-state index in [1.165, 1.54) is 30.5 Å². The van der Waals surface area contributed by atoms with Crippen LogP contribution in [0.25, 0.3) is 11.3 Å². The summed E-state index contributed by atoms with van der Waals surface area (Å²) in [5.41, 5.74) is 4.57. The van der Waals surface area contributed by atoms with Gasteiger partial charge in [0.25, 0.3) is 11.6 Å². The van der Waals surface area contributed by atoms with Gasteiger partial charge in [-0.3, -0.25) is 20.0 Å². The molecule has 0 aliphatic heterocycles. The Balaban J connectivity index is 1.67. The van der Waals surface area contributed by atoms with Gasteiger partial charge in [-0.05, 0) is 42.8 Å². The van der Waals surface area contributed by atoms with Crippen LogP contribution in [0.5, 0.6) is 5.75 Å². The molecule has 2 N–H and O–H groups in total. The zero-order valence-electron chi connectivity index (χ0n) is 15.0. The van der Waals surface area contributed by atoms with Gasteiger partial charge in [0.2, 0.25) is 0 Å². The predicted molar refractivity (Wildman–Crippen MR) is 103 cm³/mol. The zero-order valence-corrected chi connectivity index (χ0v) is 15.0. The molecular weight excluding hydrogens is 362 g/mol. The van der Waals surface area contributed by atoms with Gasteiger partial charge in [0.1, 0.15) is 11.4 Å². The second kappa shape index (κ2) is 8.58. The van der Waals surface area contributed by atoms with Gasteiger partial charge in [-0.25, -0.2) is 5.43 Å². The smallest absolute Gasteiger partial charge is 0.289 e. The van der Waals surface area contributed by atoms with E-state index in [0.29, 0.717) is 23.6 Å². The Labute approximate surface area is 160 Å². The van der Waals surface area contributed by atoms with Crippen molar-refractivity contribution < 1.29 is 14.5 Å². The Bertz CT molecular complexity index is 1010. The highest BCUT2D eigenvalue weighted by Gasteiger charge is 2.13. The van der Waals surface area contributed by atoms with Gasteiger partial charge in [0.05, 0.1) is 23.4 Å². The number of hydrazone groups is 1. The number of nitro benzene ring substituents is 1. The molecule has 0 radical (unpaired) electrons. The Hall–Kier alpha value is -4.01. The van der Waals surface area contributed by atoms with E-state index in [-0.39, 0.29) is 11.4 Å². The van der Waals surface area contributed by atoms with Crippen LogP contribution in [-0.4, -0.2) is 33.8 Å². The van der Waals surface area contributed by atoms with Crippen LogP contribution in [0.3, 0.4) is 0 Å². The van der Waals surface area contributed by atoms with Gasteiger partial charge in [-0.2, -0.15) is 10.2 Å². The molecule has 3 rings (SSSR count). The lowest BCUT2D eigenvalue weighted by molar-refractivity contribution is -0.384. The number of H-pyrrole nitrogens is 1. The Morgan fingerprint density at radius 2 is 2.04 bits per heavy atom. The number of carbonyl (C=O) groups excluding carboxylic acids is 1. The highest BCUT2D eigenvalue weighted by molar-refractivity contribution is 5.94. The molecule has 0 bridgehead atoms. The topological polar surface area (TPSA) is 123 Å². The molecule has 0 unspecified atom stereocenters. The van der Waals surface area contributed by atoms with Crippen LogP contribution in [-0.2, 0) is 0 Å². The number of amides is 1. The number of hydrogen-bond donors (Lipinski definition) is 2. The van der Waals surface area contributed by atoms with Crippen LogP contribution >= 0.6 is 0 Å². The van der Waals surface area contributed by atoms with E-state index in [0.717, 1.165) is 5.56 Å². The first-order valence-electron chi connectivity index (χ1n) is 8.44. The molecule has 0 saturated carbocycles. The van der Waals surface area contributed by atoms with E-state index in [4.69, 9.17) is 4.74 Å². The number of para-hydroxylation sites is 1. The summed E-state index contributed by atoms with van der Waals surface area (Å²) in [7, 11) is 0. The van der Waals surface area contributed by atoms with Gasteiger partial charge in [-0.1, -0.05) is 12.1 Å². The van der Waals surface area contributed by atoms with E-state index in [9.17, 15) is 14.9 Å². The van der Waals surface area contributed by atoms with Crippen LogP contribution in [0.15, 0.2) is 59.7 Å². The van der Waals surface area contributed by atoms with Gasteiger partial charge in [-0.15, -0.1) is 0 Å². The molecular formula is C19H17N5O4. The van der Waals surface area contributed by atoms with Gasteiger partial charge in [0, 0.05) is 17.7 Å². The van der Waals surface area contributed by atoms with Crippen molar-refractivity contribution in [3.8, 4) is 17.0 Å². The molecule has 3 aromatic rings. The van der Waals surface area contributed by atoms with Gasteiger partial charge in [0.15, 0.2) is 0 Å². The highest BCUT2D eigenvalue weighted by atomic mass is 16.6. The molecule has 9 heteroatoms. The lowest BCUT2D eigenvalue weighted by atomic mass is 10.1. The molecule has 1 aromatic heterocycles. The lowest BCUT2D eigenvalue weighted by Crippen LogP contribution is -2.17. The number of hydrogen-bond acceptors (Lipinski definition) is 6. The highest BCUT2D eigenvalue weighted by Crippen LogP contribution is 2.28. The summed E-state index contributed by atoms with van der Waals surface area (Å²) in [5.74, 6) is 0.213. The second-order valence-electron chi connectivity index (χ2n) is 5.64. The number of carbonyl (C=O) groups is 1. The number of ether oxygens (including phenoxy) is 1. The van der Waals surface area contributed by atoms with Crippen molar-refractivity contribution in [3.05, 3.63) is 76.0 Å². The summed E-state index contributed by atoms with van der Waals surface area (Å²) in [6.45, 7) is 2.41. The standard InChI is InChI=1S/C19H17N5O4/c1-2-28-18-6-4-3-5-15(18)16-11-17(22-21-16)19(25)23-20-12-13-7-9-14(10-8-13)24(26)27/h3-12H,2H2,1H3,(H,21,22)(H,23,25).